The van der Waals surface area contributed by atoms with E-state index in [9.17, 15) is 9.59 Å². The van der Waals surface area contributed by atoms with Crippen LogP contribution in [0.2, 0.25) is 0 Å². The molecule has 0 bridgehead atoms. The van der Waals surface area contributed by atoms with Crippen molar-refractivity contribution in [2.75, 3.05) is 13.2 Å². The Morgan fingerprint density at radius 3 is 1.81 bits per heavy atom. The lowest BCUT2D eigenvalue weighted by Gasteiger charge is -2.23. The quantitative estimate of drug-likeness (QED) is 0.538. The minimum Gasteiger partial charge on any atom is -0.455 e. The van der Waals surface area contributed by atoms with Crippen LogP contribution in [0.3, 0.4) is 0 Å². The first-order valence-corrected chi connectivity index (χ1v) is 10.3. The van der Waals surface area contributed by atoms with Gasteiger partial charge in [0.2, 0.25) is 6.29 Å². The Kier molecular flexibility index (Phi) is 8.58. The van der Waals surface area contributed by atoms with E-state index in [1.165, 1.54) is 13.8 Å². The van der Waals surface area contributed by atoms with Gasteiger partial charge in [0.1, 0.15) is 0 Å². The van der Waals surface area contributed by atoms with Gasteiger partial charge in [-0.3, -0.25) is 9.59 Å². The molecule has 2 aromatic carbocycles. The smallest absolute Gasteiger partial charge is 0.305 e. The van der Waals surface area contributed by atoms with Crippen LogP contribution in [-0.4, -0.2) is 43.7 Å². The number of ether oxygens (including phenoxy) is 5. The van der Waals surface area contributed by atoms with E-state index in [-0.39, 0.29) is 19.1 Å². The summed E-state index contributed by atoms with van der Waals surface area (Å²) in [6, 6.07) is 19.5. The third-order valence-electron chi connectivity index (χ3n) is 4.88. The molecule has 166 valence electrons. The van der Waals surface area contributed by atoms with Crippen molar-refractivity contribution in [3.05, 3.63) is 71.8 Å². The molecule has 2 aromatic rings. The van der Waals surface area contributed by atoms with E-state index in [1.807, 2.05) is 60.7 Å². The van der Waals surface area contributed by atoms with E-state index in [4.69, 9.17) is 23.7 Å². The first-order valence-electron chi connectivity index (χ1n) is 10.3. The molecule has 7 nitrogen and oxygen atoms in total. The van der Waals surface area contributed by atoms with Crippen molar-refractivity contribution < 1.29 is 33.3 Å². The SMILES string of the molecule is CC(=O)O[C@@H]1O[C@H](COCc2ccccc2)[C@@H](COCc2ccccc2)[C@H]1OC(C)=O. The number of rotatable bonds is 10. The number of hydrogen-bond acceptors (Lipinski definition) is 7. The van der Waals surface area contributed by atoms with Crippen LogP contribution in [0.5, 0.6) is 0 Å². The predicted octanol–water partition coefficient (Wildman–Crippen LogP) is 3.26. The molecule has 7 heteroatoms. The summed E-state index contributed by atoms with van der Waals surface area (Å²) in [5.74, 6) is -1.35. The van der Waals surface area contributed by atoms with Crippen LogP contribution in [0.25, 0.3) is 0 Å². The van der Waals surface area contributed by atoms with Crippen LogP contribution in [-0.2, 0) is 46.5 Å². The fraction of sp³-hybridized carbons (Fsp3) is 0.417. The molecule has 0 spiro atoms. The molecule has 0 N–H and O–H groups in total. The molecule has 1 aliphatic rings. The Balaban J connectivity index is 1.65. The third kappa shape index (κ3) is 7.17. The van der Waals surface area contributed by atoms with Crippen LogP contribution >= 0.6 is 0 Å². The maximum atomic E-state index is 11.7. The molecule has 4 atom stereocenters. The first-order chi connectivity index (χ1) is 15.0. The minimum absolute atomic E-state index is 0.240. The number of hydrogen-bond donors (Lipinski definition) is 0. The van der Waals surface area contributed by atoms with E-state index in [2.05, 4.69) is 0 Å². The van der Waals surface area contributed by atoms with E-state index in [1.54, 1.807) is 0 Å². The maximum Gasteiger partial charge on any atom is 0.305 e. The average molecular weight is 428 g/mol. The average Bonchev–Trinajstić information content (AvgIpc) is 3.05. The van der Waals surface area contributed by atoms with E-state index < -0.39 is 30.4 Å². The summed E-state index contributed by atoms with van der Waals surface area (Å²) in [4.78, 5) is 23.2. The Morgan fingerprint density at radius 2 is 1.29 bits per heavy atom. The molecular formula is C24H28O7. The molecule has 1 fully saturated rings. The Hall–Kier alpha value is -2.74. The number of carbonyl (C=O) groups excluding carboxylic acids is 2. The zero-order chi connectivity index (χ0) is 22.1. The zero-order valence-corrected chi connectivity index (χ0v) is 17.8. The highest BCUT2D eigenvalue weighted by Gasteiger charge is 2.48. The van der Waals surface area contributed by atoms with E-state index in [0.717, 1.165) is 11.1 Å². The van der Waals surface area contributed by atoms with E-state index in [0.29, 0.717) is 13.2 Å². The number of carbonyl (C=O) groups is 2. The van der Waals surface area contributed by atoms with Gasteiger partial charge in [0.25, 0.3) is 0 Å². The second kappa shape index (κ2) is 11.6. The molecule has 0 unspecified atom stereocenters. The lowest BCUT2D eigenvalue weighted by Crippen LogP contribution is -2.37. The zero-order valence-electron chi connectivity index (χ0n) is 17.8. The minimum atomic E-state index is -1.00. The summed E-state index contributed by atoms with van der Waals surface area (Å²) in [5, 5.41) is 0. The molecule has 0 saturated carbocycles. The lowest BCUT2D eigenvalue weighted by molar-refractivity contribution is -0.196. The highest BCUT2D eigenvalue weighted by Crippen LogP contribution is 2.32. The molecule has 31 heavy (non-hydrogen) atoms. The molecule has 0 amide bonds. The molecule has 3 rings (SSSR count). The molecule has 1 aliphatic heterocycles. The van der Waals surface area contributed by atoms with Crippen LogP contribution in [0.15, 0.2) is 60.7 Å². The van der Waals surface area contributed by atoms with Crippen LogP contribution in [0, 0.1) is 5.92 Å². The lowest BCUT2D eigenvalue weighted by atomic mass is 9.99. The summed E-state index contributed by atoms with van der Waals surface area (Å²) in [7, 11) is 0. The van der Waals surface area contributed by atoms with Crippen molar-refractivity contribution in [2.45, 2.75) is 45.6 Å². The van der Waals surface area contributed by atoms with Gasteiger partial charge in [-0.25, -0.2) is 0 Å². The Morgan fingerprint density at radius 1 is 0.774 bits per heavy atom. The van der Waals surface area contributed by atoms with Crippen molar-refractivity contribution in [2.24, 2.45) is 5.92 Å². The van der Waals surface area contributed by atoms with Crippen LogP contribution < -0.4 is 0 Å². The van der Waals surface area contributed by atoms with Crippen molar-refractivity contribution in [3.63, 3.8) is 0 Å². The molecule has 1 heterocycles. The highest BCUT2D eigenvalue weighted by molar-refractivity contribution is 5.67. The fourth-order valence-corrected chi connectivity index (χ4v) is 3.48. The van der Waals surface area contributed by atoms with Gasteiger partial charge in [0.15, 0.2) is 6.10 Å². The number of benzene rings is 2. The van der Waals surface area contributed by atoms with Crippen molar-refractivity contribution in [1.82, 2.24) is 0 Å². The molecule has 0 radical (unpaired) electrons. The van der Waals surface area contributed by atoms with Crippen molar-refractivity contribution in [1.29, 1.82) is 0 Å². The highest BCUT2D eigenvalue weighted by atomic mass is 16.7. The maximum absolute atomic E-state index is 11.7. The molecule has 1 saturated heterocycles. The fourth-order valence-electron chi connectivity index (χ4n) is 3.48. The normalized spacial score (nSPS) is 22.8. The second-order valence-electron chi connectivity index (χ2n) is 7.39. The second-order valence-corrected chi connectivity index (χ2v) is 7.39. The predicted molar refractivity (Wildman–Crippen MR) is 112 cm³/mol. The van der Waals surface area contributed by atoms with Crippen LogP contribution in [0.4, 0.5) is 0 Å². The summed E-state index contributed by atoms with van der Waals surface area (Å²) in [5.41, 5.74) is 2.06. The van der Waals surface area contributed by atoms with Crippen molar-refractivity contribution in [3.8, 4) is 0 Å². The van der Waals surface area contributed by atoms with Gasteiger partial charge in [-0.1, -0.05) is 60.7 Å². The van der Waals surface area contributed by atoms with Gasteiger partial charge in [-0.05, 0) is 11.1 Å². The summed E-state index contributed by atoms with van der Waals surface area (Å²) in [6.45, 7) is 3.91. The van der Waals surface area contributed by atoms with Gasteiger partial charge in [0.05, 0.1) is 38.4 Å². The summed E-state index contributed by atoms with van der Waals surface area (Å²) in [6.07, 6.45) is -2.24. The topological polar surface area (TPSA) is 80.3 Å². The monoisotopic (exact) mass is 428 g/mol. The molecule has 0 aromatic heterocycles. The Labute approximate surface area is 182 Å². The van der Waals surface area contributed by atoms with Crippen molar-refractivity contribution >= 4 is 11.9 Å². The standard InChI is InChI=1S/C24H28O7/c1-17(25)29-23-21(15-27-13-19-9-5-3-6-10-19)22(31-24(23)30-18(2)26)16-28-14-20-11-7-4-8-12-20/h3-12,21-24H,13-16H2,1-2H3/t21-,22-,23-,24-/m1/s1. The summed E-state index contributed by atoms with van der Waals surface area (Å²) >= 11 is 0. The van der Waals surface area contributed by atoms with Crippen LogP contribution in [0.1, 0.15) is 25.0 Å². The van der Waals surface area contributed by atoms with Gasteiger partial charge in [0, 0.05) is 13.8 Å². The van der Waals surface area contributed by atoms with Gasteiger partial charge < -0.3 is 23.7 Å². The Bertz CT molecular complexity index is 824. The van der Waals surface area contributed by atoms with Gasteiger partial charge in [-0.2, -0.15) is 0 Å². The first kappa shape index (κ1) is 22.9. The molecular weight excluding hydrogens is 400 g/mol. The number of esters is 2. The largest absolute Gasteiger partial charge is 0.455 e. The summed E-state index contributed by atoms with van der Waals surface area (Å²) < 4.78 is 28.4. The molecule has 0 aliphatic carbocycles. The third-order valence-corrected chi connectivity index (χ3v) is 4.88. The van der Waals surface area contributed by atoms with E-state index >= 15 is 0 Å². The van der Waals surface area contributed by atoms with Gasteiger partial charge in [-0.15, -0.1) is 0 Å². The van der Waals surface area contributed by atoms with Gasteiger partial charge >= 0.3 is 11.9 Å².